The van der Waals surface area contributed by atoms with Crippen LogP contribution in [-0.4, -0.2) is 37.2 Å². The van der Waals surface area contributed by atoms with Crippen LogP contribution in [0.25, 0.3) is 0 Å². The molecule has 6 heteroatoms. The minimum atomic E-state index is -0.795. The molecule has 0 radical (unpaired) electrons. The summed E-state index contributed by atoms with van der Waals surface area (Å²) >= 11 is 0. The highest BCUT2D eigenvalue weighted by Crippen LogP contribution is 2.15. The van der Waals surface area contributed by atoms with Gasteiger partial charge in [-0.05, 0) is 116 Å². The molecule has 0 amide bonds. The SMILES string of the molecule is CC/C=C\C/C=C\C/C=C\C/C=C\C/C=C\C/C=C\C/C=C\CCCCCC(=O)OCC(COC(=O)CCCCCCCCC)OC(=O)CCCCCCCCCCCCCC/C=C\C/C=C\C/C=C\C/C=C\CC. The van der Waals surface area contributed by atoms with Gasteiger partial charge in [0, 0.05) is 19.3 Å². The van der Waals surface area contributed by atoms with Crippen molar-refractivity contribution in [3.63, 3.8) is 0 Å². The van der Waals surface area contributed by atoms with Crippen molar-refractivity contribution in [3.8, 4) is 0 Å². The fraction of sp³-hybridized carbons (Fsp3) is 0.638. The number of hydrogen-bond acceptors (Lipinski definition) is 6. The summed E-state index contributed by atoms with van der Waals surface area (Å²) in [7, 11) is 0. The predicted molar refractivity (Wildman–Crippen MR) is 325 cm³/mol. The molecule has 0 saturated heterocycles. The highest BCUT2D eigenvalue weighted by atomic mass is 16.6. The third-order valence-electron chi connectivity index (χ3n) is 12.7. The van der Waals surface area contributed by atoms with Gasteiger partial charge in [-0.25, -0.2) is 0 Å². The lowest BCUT2D eigenvalue weighted by Crippen LogP contribution is -2.30. The van der Waals surface area contributed by atoms with Crippen LogP contribution in [0.15, 0.2) is 134 Å². The summed E-state index contributed by atoms with van der Waals surface area (Å²) < 4.78 is 16.8. The van der Waals surface area contributed by atoms with E-state index < -0.39 is 6.10 Å². The number of carbonyl (C=O) groups excluding carboxylic acids is 3. The number of unbranched alkanes of at least 4 members (excludes halogenated alkanes) is 21. The number of esters is 3. The standard InChI is InChI=1S/C69H112O6/c1-4-7-10-13-16-18-20-22-24-26-28-30-32-34-36-38-40-42-44-46-48-50-53-56-59-62-68(71)74-65-66(64-73-67(70)61-58-55-52-15-12-9-6-3)75-69(72)63-60-57-54-51-49-47-45-43-41-39-37-35-33-31-29-27-25-23-21-19-17-14-11-8-5-2/h7-8,10-11,16-19,22-25,28-31,34,36,40,42,46,48,66H,4-6,9,12-15,20-21,26-27,32-33,35,37-39,41,43-45,47,49-65H2,1-3H3/b10-7-,11-8-,18-16-,19-17-,24-22-,25-23-,30-28-,31-29-,36-34-,42-40-,48-46-. The molecule has 0 rings (SSSR count). The number of hydrogen-bond donors (Lipinski definition) is 0. The van der Waals surface area contributed by atoms with E-state index in [1.54, 1.807) is 0 Å². The lowest BCUT2D eigenvalue weighted by atomic mass is 10.0. The number of allylic oxidation sites excluding steroid dienone is 22. The summed E-state index contributed by atoms with van der Waals surface area (Å²) in [6.07, 6.45) is 87.6. The Balaban J connectivity index is 4.25. The maximum Gasteiger partial charge on any atom is 0.306 e. The average Bonchev–Trinajstić information content (AvgIpc) is 3.41. The zero-order valence-corrected chi connectivity index (χ0v) is 48.5. The zero-order valence-electron chi connectivity index (χ0n) is 48.5. The first-order valence-electron chi connectivity index (χ1n) is 30.7. The van der Waals surface area contributed by atoms with Crippen LogP contribution < -0.4 is 0 Å². The van der Waals surface area contributed by atoms with Crippen molar-refractivity contribution < 1.29 is 28.6 Å². The van der Waals surface area contributed by atoms with E-state index in [0.717, 1.165) is 135 Å². The fourth-order valence-electron chi connectivity index (χ4n) is 8.12. The van der Waals surface area contributed by atoms with E-state index in [2.05, 4.69) is 154 Å². The molecular weight excluding hydrogens is 925 g/mol. The Kier molecular flexibility index (Phi) is 58.4. The van der Waals surface area contributed by atoms with E-state index in [0.29, 0.717) is 19.3 Å². The summed E-state index contributed by atoms with van der Waals surface area (Å²) in [4.78, 5) is 38.0. The van der Waals surface area contributed by atoms with Gasteiger partial charge in [0.1, 0.15) is 13.2 Å². The van der Waals surface area contributed by atoms with Crippen molar-refractivity contribution in [2.24, 2.45) is 0 Å². The third kappa shape index (κ3) is 60.3. The maximum atomic E-state index is 12.9. The van der Waals surface area contributed by atoms with Crippen LogP contribution in [0.4, 0.5) is 0 Å². The summed E-state index contributed by atoms with van der Waals surface area (Å²) in [5, 5.41) is 0. The van der Waals surface area contributed by atoms with Crippen LogP contribution in [0.5, 0.6) is 0 Å². The molecular formula is C69H112O6. The van der Waals surface area contributed by atoms with Crippen LogP contribution in [-0.2, 0) is 28.6 Å². The molecule has 0 aromatic heterocycles. The smallest absolute Gasteiger partial charge is 0.306 e. The minimum Gasteiger partial charge on any atom is -0.462 e. The number of ether oxygens (including phenoxy) is 3. The van der Waals surface area contributed by atoms with Crippen LogP contribution in [0, 0.1) is 0 Å². The molecule has 0 saturated carbocycles. The predicted octanol–water partition coefficient (Wildman–Crippen LogP) is 21.0. The maximum absolute atomic E-state index is 12.9. The van der Waals surface area contributed by atoms with Gasteiger partial charge < -0.3 is 14.2 Å². The van der Waals surface area contributed by atoms with E-state index >= 15 is 0 Å². The second-order valence-corrected chi connectivity index (χ2v) is 19.9. The van der Waals surface area contributed by atoms with Crippen molar-refractivity contribution in [2.45, 2.75) is 271 Å². The molecule has 75 heavy (non-hydrogen) atoms. The van der Waals surface area contributed by atoms with Gasteiger partial charge in [-0.3, -0.25) is 14.4 Å². The Morgan fingerprint density at radius 2 is 0.520 bits per heavy atom. The molecule has 0 aromatic rings. The molecule has 0 heterocycles. The second kappa shape index (κ2) is 62.1. The van der Waals surface area contributed by atoms with Crippen molar-refractivity contribution in [1.82, 2.24) is 0 Å². The van der Waals surface area contributed by atoms with E-state index in [4.69, 9.17) is 14.2 Å². The van der Waals surface area contributed by atoms with E-state index in [1.807, 2.05) is 0 Å². The molecule has 0 fully saturated rings. The quantitative estimate of drug-likeness (QED) is 0.0261. The van der Waals surface area contributed by atoms with E-state index in [9.17, 15) is 14.4 Å². The lowest BCUT2D eigenvalue weighted by Gasteiger charge is -2.18. The average molecular weight is 1040 g/mol. The van der Waals surface area contributed by atoms with Crippen molar-refractivity contribution in [1.29, 1.82) is 0 Å². The van der Waals surface area contributed by atoms with Crippen molar-refractivity contribution >= 4 is 17.9 Å². The fourth-order valence-corrected chi connectivity index (χ4v) is 8.12. The van der Waals surface area contributed by atoms with Crippen molar-refractivity contribution in [2.75, 3.05) is 13.2 Å². The van der Waals surface area contributed by atoms with Gasteiger partial charge in [-0.15, -0.1) is 0 Å². The molecule has 0 bridgehead atoms. The molecule has 0 aliphatic heterocycles. The normalized spacial score (nSPS) is 13.1. The van der Waals surface area contributed by atoms with Gasteiger partial charge in [0.25, 0.3) is 0 Å². The van der Waals surface area contributed by atoms with Gasteiger partial charge in [0.05, 0.1) is 0 Å². The van der Waals surface area contributed by atoms with Gasteiger partial charge in [0.2, 0.25) is 0 Å². The lowest BCUT2D eigenvalue weighted by molar-refractivity contribution is -0.167. The molecule has 424 valence electrons. The number of rotatable bonds is 54. The molecule has 6 nitrogen and oxygen atoms in total. The molecule has 1 unspecified atom stereocenters. The van der Waals surface area contributed by atoms with Crippen molar-refractivity contribution in [3.05, 3.63) is 134 Å². The van der Waals surface area contributed by atoms with Crippen LogP contribution >= 0.6 is 0 Å². The Hall–Kier alpha value is -4.45. The Morgan fingerprint density at radius 3 is 0.827 bits per heavy atom. The van der Waals surface area contributed by atoms with Crippen LogP contribution in [0.3, 0.4) is 0 Å². The topological polar surface area (TPSA) is 78.9 Å². The molecule has 0 aliphatic rings. The van der Waals surface area contributed by atoms with Crippen LogP contribution in [0.1, 0.15) is 265 Å². The Labute approximate surface area is 462 Å². The monoisotopic (exact) mass is 1040 g/mol. The second-order valence-electron chi connectivity index (χ2n) is 19.9. The van der Waals surface area contributed by atoms with Gasteiger partial charge in [-0.2, -0.15) is 0 Å². The molecule has 0 spiro atoms. The first-order chi connectivity index (χ1) is 37.0. The van der Waals surface area contributed by atoms with Gasteiger partial charge in [0.15, 0.2) is 6.10 Å². The summed E-state index contributed by atoms with van der Waals surface area (Å²) in [6, 6.07) is 0. The van der Waals surface area contributed by atoms with Gasteiger partial charge >= 0.3 is 17.9 Å². The Morgan fingerprint density at radius 1 is 0.280 bits per heavy atom. The summed E-state index contributed by atoms with van der Waals surface area (Å²) in [6.45, 7) is 6.34. The zero-order chi connectivity index (χ0) is 54.3. The van der Waals surface area contributed by atoms with E-state index in [1.165, 1.54) is 89.9 Å². The third-order valence-corrected chi connectivity index (χ3v) is 12.7. The Bertz CT molecular complexity index is 1620. The number of carbonyl (C=O) groups is 3. The van der Waals surface area contributed by atoms with Gasteiger partial charge in [-0.1, -0.05) is 264 Å². The highest BCUT2D eigenvalue weighted by molar-refractivity contribution is 5.71. The van der Waals surface area contributed by atoms with E-state index in [-0.39, 0.29) is 31.1 Å². The molecule has 0 N–H and O–H groups in total. The molecule has 1 atom stereocenters. The largest absolute Gasteiger partial charge is 0.462 e. The highest BCUT2D eigenvalue weighted by Gasteiger charge is 2.19. The first-order valence-corrected chi connectivity index (χ1v) is 30.7. The molecule has 0 aliphatic carbocycles. The summed E-state index contributed by atoms with van der Waals surface area (Å²) in [5.74, 6) is -0.936. The van der Waals surface area contributed by atoms with Crippen LogP contribution in [0.2, 0.25) is 0 Å². The summed E-state index contributed by atoms with van der Waals surface area (Å²) in [5.41, 5.74) is 0. The molecule has 0 aromatic carbocycles. The first kappa shape index (κ1) is 70.5. The minimum absolute atomic E-state index is 0.0920.